The molecule has 0 bridgehead atoms. The fraction of sp³-hybridized carbons (Fsp3) is 0.222. The van der Waals surface area contributed by atoms with Gasteiger partial charge < -0.3 is 10.6 Å². The van der Waals surface area contributed by atoms with Gasteiger partial charge in [-0.25, -0.2) is 0 Å². The third-order valence-electron chi connectivity index (χ3n) is 3.53. The second-order valence-electron chi connectivity index (χ2n) is 5.17. The van der Waals surface area contributed by atoms with Crippen LogP contribution in [0.5, 0.6) is 0 Å². The lowest BCUT2D eigenvalue weighted by molar-refractivity contribution is -0.115. The van der Waals surface area contributed by atoms with E-state index in [2.05, 4.69) is 10.6 Å². The lowest BCUT2D eigenvalue weighted by Crippen LogP contribution is -2.33. The highest BCUT2D eigenvalue weighted by atomic mass is 35.5. The van der Waals surface area contributed by atoms with E-state index in [0.717, 1.165) is 23.2 Å². The number of para-hydroxylation sites is 1. The summed E-state index contributed by atoms with van der Waals surface area (Å²) in [5.41, 5.74) is 3.23. The summed E-state index contributed by atoms with van der Waals surface area (Å²) in [6.45, 7) is 3.86. The number of rotatable bonds is 5. The average Bonchev–Trinajstić information content (AvgIpc) is 2.55. The minimum absolute atomic E-state index is 0.110. The van der Waals surface area contributed by atoms with Crippen LogP contribution < -0.4 is 10.6 Å². The third-order valence-corrected chi connectivity index (χ3v) is 3.86. The van der Waals surface area contributed by atoms with Crippen LogP contribution in [0.1, 0.15) is 28.4 Å². The second-order valence-corrected chi connectivity index (χ2v) is 5.58. The highest BCUT2D eigenvalue weighted by Gasteiger charge is 2.12. The van der Waals surface area contributed by atoms with Crippen LogP contribution in [0.4, 0.5) is 5.69 Å². The van der Waals surface area contributed by atoms with Gasteiger partial charge in [0.25, 0.3) is 5.91 Å². The zero-order valence-electron chi connectivity index (χ0n) is 13.2. The molecular formula is C18H19ClN2O2. The smallest absolute Gasteiger partial charge is 0.253 e. The van der Waals surface area contributed by atoms with Crippen molar-refractivity contribution in [2.24, 2.45) is 0 Å². The van der Waals surface area contributed by atoms with Crippen molar-refractivity contribution in [3.63, 3.8) is 0 Å². The number of hydrogen-bond donors (Lipinski definition) is 2. The highest BCUT2D eigenvalue weighted by molar-refractivity contribution is 6.33. The Bertz CT molecular complexity index is 729. The molecule has 0 aliphatic heterocycles. The predicted octanol–water partition coefficient (Wildman–Crippen LogP) is 3.58. The number of hydrogen-bond acceptors (Lipinski definition) is 2. The normalized spacial score (nSPS) is 10.2. The van der Waals surface area contributed by atoms with Gasteiger partial charge in [-0.3, -0.25) is 9.59 Å². The molecule has 2 amide bonds. The minimum Gasteiger partial charge on any atom is -0.343 e. The first-order chi connectivity index (χ1) is 11.0. The quantitative estimate of drug-likeness (QED) is 0.880. The average molecular weight is 331 g/mol. The number of nitrogens with one attached hydrogen (secondary N) is 2. The molecule has 0 aromatic heterocycles. The topological polar surface area (TPSA) is 58.2 Å². The number of carbonyl (C=O) groups excluding carboxylic acids is 2. The second kappa shape index (κ2) is 7.79. The standard InChI is InChI=1S/C18H19ClN2O2/c1-3-13-8-6-7-12(2)17(13)21-16(22)11-20-18(23)14-9-4-5-10-15(14)19/h4-10H,3,11H2,1-2H3,(H,20,23)(H,21,22). The van der Waals surface area contributed by atoms with E-state index in [0.29, 0.717) is 10.6 Å². The summed E-state index contributed by atoms with van der Waals surface area (Å²) < 4.78 is 0. The maximum Gasteiger partial charge on any atom is 0.253 e. The fourth-order valence-electron chi connectivity index (χ4n) is 2.29. The molecule has 0 radical (unpaired) electrons. The first-order valence-electron chi connectivity index (χ1n) is 7.44. The lowest BCUT2D eigenvalue weighted by atomic mass is 10.1. The number of benzene rings is 2. The van der Waals surface area contributed by atoms with Crippen molar-refractivity contribution in [2.75, 3.05) is 11.9 Å². The Balaban J connectivity index is 1.99. The molecular weight excluding hydrogens is 312 g/mol. The number of carbonyl (C=O) groups is 2. The molecule has 2 rings (SSSR count). The van der Waals surface area contributed by atoms with Crippen LogP contribution >= 0.6 is 11.6 Å². The van der Waals surface area contributed by atoms with Crippen LogP contribution in [0.15, 0.2) is 42.5 Å². The zero-order chi connectivity index (χ0) is 16.8. The molecule has 120 valence electrons. The van der Waals surface area contributed by atoms with E-state index in [4.69, 9.17) is 11.6 Å². The Hall–Kier alpha value is -2.33. The Morgan fingerprint density at radius 1 is 1.09 bits per heavy atom. The first kappa shape index (κ1) is 17.0. The summed E-state index contributed by atoms with van der Waals surface area (Å²) in [6.07, 6.45) is 0.823. The molecule has 2 aromatic carbocycles. The van der Waals surface area contributed by atoms with Crippen molar-refractivity contribution in [1.82, 2.24) is 5.32 Å². The number of halogens is 1. The SMILES string of the molecule is CCc1cccc(C)c1NC(=O)CNC(=O)c1ccccc1Cl. The zero-order valence-corrected chi connectivity index (χ0v) is 13.9. The molecule has 2 N–H and O–H groups in total. The number of amides is 2. The van der Waals surface area contributed by atoms with Gasteiger partial charge in [0.2, 0.25) is 5.91 Å². The van der Waals surface area contributed by atoms with Crippen LogP contribution in [-0.4, -0.2) is 18.4 Å². The van der Waals surface area contributed by atoms with E-state index in [-0.39, 0.29) is 18.4 Å². The summed E-state index contributed by atoms with van der Waals surface area (Å²) in [5, 5.41) is 5.80. The molecule has 23 heavy (non-hydrogen) atoms. The van der Waals surface area contributed by atoms with Crippen LogP contribution in [0.3, 0.4) is 0 Å². The van der Waals surface area contributed by atoms with Crippen molar-refractivity contribution < 1.29 is 9.59 Å². The van der Waals surface area contributed by atoms with Gasteiger partial charge in [-0.15, -0.1) is 0 Å². The van der Waals surface area contributed by atoms with E-state index in [1.807, 2.05) is 32.0 Å². The van der Waals surface area contributed by atoms with Crippen molar-refractivity contribution in [3.8, 4) is 0 Å². The van der Waals surface area contributed by atoms with Crippen LogP contribution in [0, 0.1) is 6.92 Å². The summed E-state index contributed by atoms with van der Waals surface area (Å²) in [6, 6.07) is 12.6. The van der Waals surface area contributed by atoms with Gasteiger partial charge in [-0.2, -0.15) is 0 Å². The van der Waals surface area contributed by atoms with Gasteiger partial charge in [0.1, 0.15) is 0 Å². The van der Waals surface area contributed by atoms with E-state index in [9.17, 15) is 9.59 Å². The molecule has 2 aromatic rings. The molecule has 0 aliphatic carbocycles. The predicted molar refractivity (Wildman–Crippen MR) is 93.0 cm³/mol. The summed E-state index contributed by atoms with van der Waals surface area (Å²) in [4.78, 5) is 24.1. The number of anilines is 1. The monoisotopic (exact) mass is 330 g/mol. The highest BCUT2D eigenvalue weighted by Crippen LogP contribution is 2.20. The molecule has 0 aliphatic rings. The van der Waals surface area contributed by atoms with Crippen LogP contribution in [0.25, 0.3) is 0 Å². The van der Waals surface area contributed by atoms with Gasteiger partial charge >= 0.3 is 0 Å². The third kappa shape index (κ3) is 4.33. The molecule has 0 saturated heterocycles. The summed E-state index contributed by atoms with van der Waals surface area (Å²) in [5.74, 6) is -0.638. The molecule has 0 fully saturated rings. The van der Waals surface area contributed by atoms with Crippen molar-refractivity contribution in [3.05, 3.63) is 64.2 Å². The molecule has 0 unspecified atom stereocenters. The minimum atomic E-state index is -0.369. The van der Waals surface area contributed by atoms with Crippen LogP contribution in [0.2, 0.25) is 5.02 Å². The fourth-order valence-corrected chi connectivity index (χ4v) is 2.51. The molecule has 0 heterocycles. The van der Waals surface area contributed by atoms with E-state index < -0.39 is 0 Å². The van der Waals surface area contributed by atoms with Gasteiger partial charge in [-0.05, 0) is 36.6 Å². The molecule has 0 atom stereocenters. The first-order valence-corrected chi connectivity index (χ1v) is 7.81. The largest absolute Gasteiger partial charge is 0.343 e. The number of aryl methyl sites for hydroxylation is 2. The van der Waals surface area contributed by atoms with Crippen LogP contribution in [-0.2, 0) is 11.2 Å². The Labute approximate surface area is 140 Å². The molecule has 0 spiro atoms. The van der Waals surface area contributed by atoms with E-state index >= 15 is 0 Å². The lowest BCUT2D eigenvalue weighted by Gasteiger charge is -2.13. The van der Waals surface area contributed by atoms with Gasteiger partial charge in [0.15, 0.2) is 0 Å². The summed E-state index contributed by atoms with van der Waals surface area (Å²) >= 11 is 5.96. The van der Waals surface area contributed by atoms with Gasteiger partial charge in [0, 0.05) is 5.69 Å². The van der Waals surface area contributed by atoms with Gasteiger partial charge in [0.05, 0.1) is 17.1 Å². The van der Waals surface area contributed by atoms with E-state index in [1.165, 1.54) is 0 Å². The molecule has 4 nitrogen and oxygen atoms in total. The molecule has 0 saturated carbocycles. The maximum absolute atomic E-state index is 12.1. The van der Waals surface area contributed by atoms with Crippen molar-refractivity contribution >= 4 is 29.1 Å². The Morgan fingerprint density at radius 3 is 2.52 bits per heavy atom. The maximum atomic E-state index is 12.1. The molecule has 5 heteroatoms. The van der Waals surface area contributed by atoms with E-state index in [1.54, 1.807) is 24.3 Å². The summed E-state index contributed by atoms with van der Waals surface area (Å²) in [7, 11) is 0. The van der Waals surface area contributed by atoms with Crippen molar-refractivity contribution in [2.45, 2.75) is 20.3 Å². The Kier molecular flexibility index (Phi) is 5.77. The van der Waals surface area contributed by atoms with Crippen molar-refractivity contribution in [1.29, 1.82) is 0 Å². The Morgan fingerprint density at radius 2 is 1.83 bits per heavy atom. The van der Waals surface area contributed by atoms with Gasteiger partial charge in [-0.1, -0.05) is 48.9 Å².